The number of aromatic nitrogens is 2. The van der Waals surface area contributed by atoms with Crippen molar-refractivity contribution in [2.24, 2.45) is 5.84 Å². The van der Waals surface area contributed by atoms with E-state index in [1.165, 1.54) is 5.56 Å². The third kappa shape index (κ3) is 3.36. The molecule has 0 bridgehead atoms. The van der Waals surface area contributed by atoms with Crippen LogP contribution in [0.4, 0.5) is 11.8 Å². The van der Waals surface area contributed by atoms with Crippen LogP contribution in [-0.4, -0.2) is 9.97 Å². The number of hydrogen-bond acceptors (Lipinski definition) is 6. The summed E-state index contributed by atoms with van der Waals surface area (Å²) in [5.74, 6) is 6.82. The van der Waals surface area contributed by atoms with E-state index in [4.69, 9.17) is 16.3 Å². The van der Waals surface area contributed by atoms with Crippen LogP contribution < -0.4 is 21.7 Å². The predicted octanol–water partition coefficient (Wildman–Crippen LogP) is 2.43. The second-order valence-electron chi connectivity index (χ2n) is 5.47. The highest BCUT2D eigenvalue weighted by Crippen LogP contribution is 2.27. The number of nitrogen functional groups attached to an aromatic ring is 2. The van der Waals surface area contributed by atoms with Crippen molar-refractivity contribution in [2.45, 2.75) is 26.2 Å². The molecule has 0 aliphatic rings. The zero-order valence-corrected chi connectivity index (χ0v) is 11.8. The summed E-state index contributed by atoms with van der Waals surface area (Å²) in [7, 11) is 0. The van der Waals surface area contributed by atoms with Gasteiger partial charge in [-0.05, 0) is 23.1 Å². The van der Waals surface area contributed by atoms with Crippen LogP contribution in [0.3, 0.4) is 0 Å². The van der Waals surface area contributed by atoms with E-state index < -0.39 is 0 Å². The Labute approximate surface area is 118 Å². The highest BCUT2D eigenvalue weighted by molar-refractivity contribution is 5.43. The van der Waals surface area contributed by atoms with Gasteiger partial charge in [-0.2, -0.15) is 9.97 Å². The minimum absolute atomic E-state index is 0.0989. The number of hydrogen-bond donors (Lipinski definition) is 3. The van der Waals surface area contributed by atoms with Gasteiger partial charge in [0.25, 0.3) is 0 Å². The van der Waals surface area contributed by atoms with Gasteiger partial charge in [0.15, 0.2) is 0 Å². The molecule has 0 aliphatic carbocycles. The molecule has 1 aromatic carbocycles. The maximum Gasteiger partial charge on any atom is 0.226 e. The highest BCUT2D eigenvalue weighted by atomic mass is 16.5. The van der Waals surface area contributed by atoms with E-state index in [1.807, 2.05) is 24.3 Å². The number of nitrogens with two attached hydrogens (primary N) is 2. The molecule has 2 rings (SSSR count). The third-order valence-electron chi connectivity index (χ3n) is 2.81. The Morgan fingerprint density at radius 1 is 1.10 bits per heavy atom. The lowest BCUT2D eigenvalue weighted by molar-refractivity contribution is 0.462. The second-order valence-corrected chi connectivity index (χ2v) is 5.47. The average Bonchev–Trinajstić information content (AvgIpc) is 2.37. The van der Waals surface area contributed by atoms with Gasteiger partial charge in [-0.25, -0.2) is 5.84 Å². The van der Waals surface area contributed by atoms with Crippen LogP contribution >= 0.6 is 0 Å². The Morgan fingerprint density at radius 2 is 1.75 bits per heavy atom. The van der Waals surface area contributed by atoms with Crippen LogP contribution in [0.1, 0.15) is 26.3 Å². The highest BCUT2D eigenvalue weighted by Gasteiger charge is 2.13. The van der Waals surface area contributed by atoms with Crippen LogP contribution in [0.15, 0.2) is 30.3 Å². The fourth-order valence-corrected chi connectivity index (χ4v) is 1.71. The fourth-order valence-electron chi connectivity index (χ4n) is 1.71. The molecule has 1 heterocycles. The molecule has 0 amide bonds. The fraction of sp³-hybridized carbons (Fsp3) is 0.286. The van der Waals surface area contributed by atoms with Crippen LogP contribution in [0, 0.1) is 0 Å². The van der Waals surface area contributed by atoms with Gasteiger partial charge in [0.2, 0.25) is 11.8 Å². The Kier molecular flexibility index (Phi) is 3.76. The Morgan fingerprint density at radius 3 is 2.30 bits per heavy atom. The van der Waals surface area contributed by atoms with Crippen molar-refractivity contribution in [3.63, 3.8) is 0 Å². The molecular weight excluding hydrogens is 254 g/mol. The molecule has 5 N–H and O–H groups in total. The van der Waals surface area contributed by atoms with Gasteiger partial charge >= 0.3 is 0 Å². The Hall–Kier alpha value is -2.34. The summed E-state index contributed by atoms with van der Waals surface area (Å²) in [5.41, 5.74) is 9.32. The lowest BCUT2D eigenvalue weighted by Gasteiger charge is -2.19. The van der Waals surface area contributed by atoms with Gasteiger partial charge in [0.05, 0.1) is 0 Å². The van der Waals surface area contributed by atoms with E-state index in [1.54, 1.807) is 6.07 Å². The number of hydrazine groups is 1. The lowest BCUT2D eigenvalue weighted by atomic mass is 9.87. The van der Waals surface area contributed by atoms with Crippen molar-refractivity contribution in [1.82, 2.24) is 9.97 Å². The number of nitrogens with one attached hydrogen (secondary N) is 1. The van der Waals surface area contributed by atoms with Gasteiger partial charge in [-0.1, -0.05) is 32.9 Å². The zero-order valence-electron chi connectivity index (χ0n) is 11.8. The molecule has 106 valence electrons. The lowest BCUT2D eigenvalue weighted by Crippen LogP contribution is -2.11. The summed E-state index contributed by atoms with van der Waals surface area (Å²) >= 11 is 0. The monoisotopic (exact) mass is 273 g/mol. The Balaban J connectivity index is 2.20. The third-order valence-corrected chi connectivity index (χ3v) is 2.81. The molecule has 1 aromatic heterocycles. The van der Waals surface area contributed by atoms with E-state index in [0.717, 1.165) is 0 Å². The van der Waals surface area contributed by atoms with Crippen molar-refractivity contribution < 1.29 is 4.74 Å². The van der Waals surface area contributed by atoms with E-state index in [2.05, 4.69) is 36.2 Å². The van der Waals surface area contributed by atoms with Crippen LogP contribution in [0.2, 0.25) is 0 Å². The van der Waals surface area contributed by atoms with Gasteiger partial charge in [0.1, 0.15) is 11.6 Å². The summed E-state index contributed by atoms with van der Waals surface area (Å²) in [5, 5.41) is 0. The van der Waals surface area contributed by atoms with Crippen molar-refractivity contribution >= 4 is 11.8 Å². The molecule has 2 aromatic rings. The van der Waals surface area contributed by atoms with Crippen molar-refractivity contribution in [2.75, 3.05) is 11.2 Å². The molecule has 0 aliphatic heterocycles. The first-order chi connectivity index (χ1) is 9.38. The summed E-state index contributed by atoms with van der Waals surface area (Å²) in [6.45, 7) is 6.48. The summed E-state index contributed by atoms with van der Waals surface area (Å²) in [4.78, 5) is 7.89. The predicted molar refractivity (Wildman–Crippen MR) is 79.5 cm³/mol. The minimum atomic E-state index is 0.0989. The average molecular weight is 273 g/mol. The summed E-state index contributed by atoms with van der Waals surface area (Å²) in [6.07, 6.45) is 0. The number of anilines is 2. The summed E-state index contributed by atoms with van der Waals surface area (Å²) < 4.78 is 5.64. The molecule has 0 atom stereocenters. The Bertz CT molecular complexity index is 590. The first-order valence-electron chi connectivity index (χ1n) is 6.28. The molecule has 6 heteroatoms. The number of ether oxygens (including phenoxy) is 1. The van der Waals surface area contributed by atoms with Gasteiger partial charge < -0.3 is 15.9 Å². The van der Waals surface area contributed by atoms with E-state index in [0.29, 0.717) is 17.4 Å². The molecule has 6 nitrogen and oxygen atoms in total. The molecule has 0 saturated heterocycles. The quantitative estimate of drug-likeness (QED) is 0.586. The number of benzene rings is 1. The number of rotatable bonds is 3. The van der Waals surface area contributed by atoms with Crippen molar-refractivity contribution in [3.8, 4) is 11.6 Å². The molecule has 20 heavy (non-hydrogen) atoms. The summed E-state index contributed by atoms with van der Waals surface area (Å²) in [6, 6.07) is 9.43. The standard InChI is InChI=1S/C14H19N5O/c1-14(2,3)9-4-6-10(7-5-9)20-12-8-11(19-16)17-13(15)18-12/h4-8H,16H2,1-3H3,(H3,15,17,18,19). The molecule has 0 fully saturated rings. The number of nitrogens with zero attached hydrogens (tertiary/aromatic N) is 2. The zero-order chi connectivity index (χ0) is 14.8. The van der Waals surface area contributed by atoms with Crippen LogP contribution in [0.25, 0.3) is 0 Å². The second kappa shape index (κ2) is 5.34. The molecule has 0 spiro atoms. The maximum atomic E-state index is 5.64. The van der Waals surface area contributed by atoms with Gasteiger partial charge in [-0.3, -0.25) is 0 Å². The topological polar surface area (TPSA) is 99.1 Å². The first-order valence-corrected chi connectivity index (χ1v) is 6.28. The molecule has 0 saturated carbocycles. The molecule has 0 radical (unpaired) electrons. The van der Waals surface area contributed by atoms with Crippen LogP contribution in [-0.2, 0) is 5.41 Å². The van der Waals surface area contributed by atoms with Gasteiger partial charge in [0, 0.05) is 6.07 Å². The molecular formula is C14H19N5O. The van der Waals surface area contributed by atoms with E-state index in [9.17, 15) is 0 Å². The van der Waals surface area contributed by atoms with E-state index >= 15 is 0 Å². The first kappa shape index (κ1) is 14.1. The molecule has 0 unspecified atom stereocenters. The van der Waals surface area contributed by atoms with Gasteiger partial charge in [-0.15, -0.1) is 0 Å². The normalized spacial score (nSPS) is 11.2. The maximum absolute atomic E-state index is 5.64. The van der Waals surface area contributed by atoms with Crippen molar-refractivity contribution in [3.05, 3.63) is 35.9 Å². The van der Waals surface area contributed by atoms with Crippen molar-refractivity contribution in [1.29, 1.82) is 0 Å². The largest absolute Gasteiger partial charge is 0.439 e. The SMILES string of the molecule is CC(C)(C)c1ccc(Oc2cc(NN)nc(N)n2)cc1. The van der Waals surface area contributed by atoms with Crippen LogP contribution in [0.5, 0.6) is 11.6 Å². The van der Waals surface area contributed by atoms with E-state index in [-0.39, 0.29) is 11.4 Å². The minimum Gasteiger partial charge on any atom is -0.439 e. The smallest absolute Gasteiger partial charge is 0.226 e.